The van der Waals surface area contributed by atoms with Crippen molar-refractivity contribution in [3.05, 3.63) is 0 Å². The van der Waals surface area contributed by atoms with Gasteiger partial charge in [-0.25, -0.2) is 0 Å². The van der Waals surface area contributed by atoms with Crippen molar-refractivity contribution >= 4 is 0 Å². The predicted molar refractivity (Wildman–Crippen MR) is 74.1 cm³/mol. The summed E-state index contributed by atoms with van der Waals surface area (Å²) in [6.07, 6.45) is 11.4. The largest absolute Gasteiger partial charge is 0.396 e. The van der Waals surface area contributed by atoms with Crippen molar-refractivity contribution in [3.63, 3.8) is 0 Å². The van der Waals surface area contributed by atoms with Crippen LogP contribution in [-0.4, -0.2) is 36.1 Å². The molecule has 0 amide bonds. The van der Waals surface area contributed by atoms with Gasteiger partial charge >= 0.3 is 0 Å². The molecule has 3 fully saturated rings. The van der Waals surface area contributed by atoms with E-state index >= 15 is 0 Å². The molecule has 3 nitrogen and oxygen atoms in total. The topological polar surface area (TPSA) is 38.7 Å². The van der Waals surface area contributed by atoms with Crippen molar-refractivity contribution in [2.24, 2.45) is 5.41 Å². The highest BCUT2D eigenvalue weighted by Gasteiger charge is 2.47. The summed E-state index contributed by atoms with van der Waals surface area (Å²) in [6.45, 7) is 3.13. The summed E-state index contributed by atoms with van der Waals surface area (Å²) in [5.41, 5.74) is 0.146. The second-order valence-corrected chi connectivity index (χ2v) is 7.01. The Balaban J connectivity index is 1.62. The highest BCUT2D eigenvalue weighted by atomic mass is 16.5. The van der Waals surface area contributed by atoms with E-state index in [1.54, 1.807) is 0 Å². The van der Waals surface area contributed by atoms with Crippen molar-refractivity contribution in [1.82, 2.24) is 0 Å². The Bertz CT molecular complexity index is 311. The van der Waals surface area contributed by atoms with Gasteiger partial charge < -0.3 is 14.6 Å². The van der Waals surface area contributed by atoms with Gasteiger partial charge in [-0.1, -0.05) is 19.3 Å². The molecule has 1 spiro atoms. The van der Waals surface area contributed by atoms with Crippen LogP contribution in [0.2, 0.25) is 0 Å². The second kappa shape index (κ2) is 5.34. The van der Waals surface area contributed by atoms with E-state index in [1.807, 2.05) is 0 Å². The molecule has 1 saturated carbocycles. The van der Waals surface area contributed by atoms with Crippen LogP contribution < -0.4 is 0 Å². The standard InChI is InChI=1S/C16H28O3/c1-13-15(12-17,9-10-18-13)11-14-5-8-16(19-14)6-3-2-4-7-16/h13-14,17H,2-12H2,1H3. The number of hydrogen-bond donors (Lipinski definition) is 1. The van der Waals surface area contributed by atoms with Gasteiger partial charge in [0.2, 0.25) is 0 Å². The summed E-state index contributed by atoms with van der Waals surface area (Å²) in [4.78, 5) is 0. The van der Waals surface area contributed by atoms with Crippen LogP contribution in [0, 0.1) is 5.41 Å². The van der Waals surface area contributed by atoms with Crippen LogP contribution in [0.4, 0.5) is 0 Å². The van der Waals surface area contributed by atoms with E-state index in [0.29, 0.717) is 6.10 Å². The van der Waals surface area contributed by atoms with E-state index in [-0.39, 0.29) is 23.7 Å². The minimum Gasteiger partial charge on any atom is -0.396 e. The number of aliphatic hydroxyl groups excluding tert-OH is 1. The maximum absolute atomic E-state index is 9.81. The zero-order chi connectivity index (χ0) is 13.3. The third-order valence-corrected chi connectivity index (χ3v) is 5.88. The molecule has 3 rings (SSSR count). The lowest BCUT2D eigenvalue weighted by Gasteiger charge is -2.36. The molecule has 1 aliphatic carbocycles. The SMILES string of the molecule is CC1OCCC1(CO)CC1CCC2(CCCCC2)O1. The van der Waals surface area contributed by atoms with Gasteiger partial charge in [-0.3, -0.25) is 0 Å². The molecule has 3 heteroatoms. The summed E-state index contributed by atoms with van der Waals surface area (Å²) < 4.78 is 12.2. The fourth-order valence-corrected chi connectivity index (χ4v) is 4.42. The summed E-state index contributed by atoms with van der Waals surface area (Å²) in [6, 6.07) is 0. The van der Waals surface area contributed by atoms with Crippen molar-refractivity contribution < 1.29 is 14.6 Å². The molecule has 0 aromatic rings. The Morgan fingerprint density at radius 1 is 1.11 bits per heavy atom. The van der Waals surface area contributed by atoms with Gasteiger partial charge in [0.05, 0.1) is 24.4 Å². The Hall–Kier alpha value is -0.120. The molecule has 2 saturated heterocycles. The number of hydrogen-bond acceptors (Lipinski definition) is 3. The average Bonchev–Trinajstić information content (AvgIpc) is 2.97. The zero-order valence-electron chi connectivity index (χ0n) is 12.2. The first kappa shape index (κ1) is 13.8. The monoisotopic (exact) mass is 268 g/mol. The van der Waals surface area contributed by atoms with Crippen LogP contribution >= 0.6 is 0 Å². The van der Waals surface area contributed by atoms with Crippen LogP contribution in [0.1, 0.15) is 64.7 Å². The van der Waals surface area contributed by atoms with Gasteiger partial charge in [-0.2, -0.15) is 0 Å². The van der Waals surface area contributed by atoms with Crippen molar-refractivity contribution in [1.29, 1.82) is 0 Å². The molecule has 0 aromatic carbocycles. The molecule has 1 N–H and O–H groups in total. The first-order chi connectivity index (χ1) is 9.18. The first-order valence-corrected chi connectivity index (χ1v) is 8.08. The van der Waals surface area contributed by atoms with Crippen molar-refractivity contribution in [2.45, 2.75) is 82.5 Å². The van der Waals surface area contributed by atoms with E-state index in [0.717, 1.165) is 19.4 Å². The van der Waals surface area contributed by atoms with Gasteiger partial charge in [0.15, 0.2) is 0 Å². The molecule has 19 heavy (non-hydrogen) atoms. The van der Waals surface area contributed by atoms with E-state index in [4.69, 9.17) is 9.47 Å². The number of ether oxygens (including phenoxy) is 2. The predicted octanol–water partition coefficient (Wildman–Crippen LogP) is 3.05. The van der Waals surface area contributed by atoms with Gasteiger partial charge in [0, 0.05) is 12.0 Å². The molecule has 3 unspecified atom stereocenters. The van der Waals surface area contributed by atoms with Gasteiger partial charge in [-0.15, -0.1) is 0 Å². The molecule has 110 valence electrons. The molecule has 2 aliphatic heterocycles. The minimum atomic E-state index is -0.0507. The average molecular weight is 268 g/mol. The molecular formula is C16H28O3. The van der Waals surface area contributed by atoms with Crippen molar-refractivity contribution in [3.8, 4) is 0 Å². The van der Waals surface area contributed by atoms with Crippen molar-refractivity contribution in [2.75, 3.05) is 13.2 Å². The smallest absolute Gasteiger partial charge is 0.0687 e. The molecular weight excluding hydrogens is 240 g/mol. The van der Waals surface area contributed by atoms with Crippen LogP contribution in [0.25, 0.3) is 0 Å². The van der Waals surface area contributed by atoms with Crippen LogP contribution in [0.15, 0.2) is 0 Å². The Labute approximate surface area is 116 Å². The lowest BCUT2D eigenvalue weighted by atomic mass is 9.77. The fourth-order valence-electron chi connectivity index (χ4n) is 4.42. The van der Waals surface area contributed by atoms with Gasteiger partial charge in [0.1, 0.15) is 0 Å². The molecule has 0 bridgehead atoms. The second-order valence-electron chi connectivity index (χ2n) is 7.01. The zero-order valence-corrected chi connectivity index (χ0v) is 12.2. The molecule has 0 radical (unpaired) electrons. The first-order valence-electron chi connectivity index (χ1n) is 8.08. The molecule has 2 heterocycles. The molecule has 3 aliphatic rings. The quantitative estimate of drug-likeness (QED) is 0.855. The Kier molecular flexibility index (Phi) is 3.89. The molecule has 0 aromatic heterocycles. The maximum atomic E-state index is 9.81. The van der Waals surface area contributed by atoms with Crippen LogP contribution in [0.5, 0.6) is 0 Å². The normalized spacial score (nSPS) is 42.0. The van der Waals surface area contributed by atoms with E-state index in [1.165, 1.54) is 44.9 Å². The summed E-state index contributed by atoms with van der Waals surface area (Å²) in [5, 5.41) is 9.81. The summed E-state index contributed by atoms with van der Waals surface area (Å²) in [7, 11) is 0. The van der Waals surface area contributed by atoms with Crippen LogP contribution in [-0.2, 0) is 9.47 Å². The summed E-state index contributed by atoms with van der Waals surface area (Å²) >= 11 is 0. The van der Waals surface area contributed by atoms with Crippen LogP contribution in [0.3, 0.4) is 0 Å². The maximum Gasteiger partial charge on any atom is 0.0687 e. The van der Waals surface area contributed by atoms with Gasteiger partial charge in [-0.05, 0) is 45.4 Å². The Morgan fingerprint density at radius 2 is 1.89 bits per heavy atom. The van der Waals surface area contributed by atoms with E-state index < -0.39 is 0 Å². The number of rotatable bonds is 3. The molecule has 3 atom stereocenters. The minimum absolute atomic E-state index is 0.0507. The third kappa shape index (κ3) is 2.57. The highest BCUT2D eigenvalue weighted by molar-refractivity contribution is 4.96. The highest BCUT2D eigenvalue weighted by Crippen LogP contribution is 2.47. The fraction of sp³-hybridized carbons (Fsp3) is 1.00. The Morgan fingerprint density at radius 3 is 2.53 bits per heavy atom. The van der Waals surface area contributed by atoms with Gasteiger partial charge in [0.25, 0.3) is 0 Å². The number of aliphatic hydroxyl groups is 1. The third-order valence-electron chi connectivity index (χ3n) is 5.88. The lowest BCUT2D eigenvalue weighted by Crippen LogP contribution is -2.38. The summed E-state index contributed by atoms with van der Waals surface area (Å²) in [5.74, 6) is 0. The lowest BCUT2D eigenvalue weighted by molar-refractivity contribution is -0.0888. The van der Waals surface area contributed by atoms with E-state index in [2.05, 4.69) is 6.92 Å². The van der Waals surface area contributed by atoms with E-state index in [9.17, 15) is 5.11 Å².